The van der Waals surface area contributed by atoms with Gasteiger partial charge in [0.15, 0.2) is 0 Å². The molecule has 0 unspecified atom stereocenters. The molecule has 1 aromatic heterocycles. The average Bonchev–Trinajstić information content (AvgIpc) is 3.21. The summed E-state index contributed by atoms with van der Waals surface area (Å²) < 4.78 is 60.5. The minimum atomic E-state index is -4.66. The van der Waals surface area contributed by atoms with E-state index >= 15 is 0 Å². The number of methoxy groups -OCH3 is 1. The molecular weight excluding hydrogens is 400 g/mol. The molecule has 0 saturated carbocycles. The lowest BCUT2D eigenvalue weighted by molar-refractivity contribution is -0.138. The molecule has 4 rings (SSSR count). The van der Waals surface area contributed by atoms with Crippen molar-refractivity contribution < 1.29 is 27.1 Å². The van der Waals surface area contributed by atoms with E-state index in [-0.39, 0.29) is 11.3 Å². The lowest BCUT2D eigenvalue weighted by atomic mass is 9.98. The van der Waals surface area contributed by atoms with Crippen molar-refractivity contribution in [1.29, 1.82) is 0 Å². The van der Waals surface area contributed by atoms with Crippen LogP contribution >= 0.6 is 0 Å². The molecule has 3 aromatic rings. The van der Waals surface area contributed by atoms with Crippen LogP contribution in [0.2, 0.25) is 0 Å². The molecule has 0 bridgehead atoms. The van der Waals surface area contributed by atoms with Gasteiger partial charge in [0.2, 0.25) is 0 Å². The van der Waals surface area contributed by atoms with E-state index in [2.05, 4.69) is 0 Å². The normalized spacial score (nSPS) is 16.3. The number of aromatic nitrogens is 1. The fourth-order valence-electron chi connectivity index (χ4n) is 3.83. The number of nitrogens with zero attached hydrogens (tertiary/aromatic N) is 2. The van der Waals surface area contributed by atoms with Gasteiger partial charge in [-0.2, -0.15) is 13.2 Å². The summed E-state index contributed by atoms with van der Waals surface area (Å²) in [4.78, 5) is 14.8. The largest absolute Gasteiger partial charge is 0.496 e. The molecule has 0 spiro atoms. The first-order chi connectivity index (χ1) is 14.3. The summed E-state index contributed by atoms with van der Waals surface area (Å²) >= 11 is 0. The lowest BCUT2D eigenvalue weighted by Crippen LogP contribution is -2.42. The van der Waals surface area contributed by atoms with E-state index in [1.165, 1.54) is 23.1 Å². The average molecular weight is 418 g/mol. The number of halogens is 4. The molecule has 8 heteroatoms. The second kappa shape index (κ2) is 7.51. The van der Waals surface area contributed by atoms with Crippen molar-refractivity contribution in [2.24, 2.45) is 0 Å². The Balaban J connectivity index is 1.77. The van der Waals surface area contributed by atoms with Gasteiger partial charge < -0.3 is 14.2 Å². The summed E-state index contributed by atoms with van der Waals surface area (Å²) in [6, 6.07) is 12.2. The standard InChI is InChI=1S/C22H18F4N2O2/c1-30-19-9-6-15(13-17(19)22(24,25)26)21(29)28-12-11-27-10-2-3-18(27)20(28)14-4-7-16(23)8-5-14/h2-10,13,20H,11-12H2,1H3/t20-/m0/s1. The maximum atomic E-state index is 13.4. The van der Waals surface area contributed by atoms with Crippen molar-refractivity contribution in [3.8, 4) is 5.75 Å². The number of hydrogen-bond donors (Lipinski definition) is 0. The van der Waals surface area contributed by atoms with Crippen LogP contribution in [0, 0.1) is 5.82 Å². The van der Waals surface area contributed by atoms with Gasteiger partial charge in [0.05, 0.1) is 18.7 Å². The molecule has 0 saturated heterocycles. The van der Waals surface area contributed by atoms with E-state index in [9.17, 15) is 22.4 Å². The quantitative estimate of drug-likeness (QED) is 0.567. The third-order valence-electron chi connectivity index (χ3n) is 5.24. The molecule has 0 fully saturated rings. The Kier molecular flexibility index (Phi) is 5.01. The van der Waals surface area contributed by atoms with Crippen LogP contribution in [0.1, 0.15) is 33.2 Å². The molecule has 30 heavy (non-hydrogen) atoms. The first-order valence-electron chi connectivity index (χ1n) is 9.26. The van der Waals surface area contributed by atoms with Crippen molar-refractivity contribution >= 4 is 5.91 Å². The minimum Gasteiger partial charge on any atom is -0.496 e. The fourth-order valence-corrected chi connectivity index (χ4v) is 3.83. The fraction of sp³-hybridized carbons (Fsp3) is 0.227. The molecule has 2 aromatic carbocycles. The molecule has 156 valence electrons. The monoisotopic (exact) mass is 418 g/mol. The number of rotatable bonds is 3. The van der Waals surface area contributed by atoms with Crippen LogP contribution in [0.5, 0.6) is 5.75 Å². The highest BCUT2D eigenvalue weighted by Crippen LogP contribution is 2.38. The SMILES string of the molecule is COc1ccc(C(=O)N2CCn3cccc3[C@@H]2c2ccc(F)cc2)cc1C(F)(F)F. The Labute approximate surface area is 170 Å². The van der Waals surface area contributed by atoms with Gasteiger partial charge in [0.1, 0.15) is 11.6 Å². The van der Waals surface area contributed by atoms with Crippen molar-refractivity contribution in [3.05, 3.63) is 89.0 Å². The van der Waals surface area contributed by atoms with Gasteiger partial charge in [-0.15, -0.1) is 0 Å². The smallest absolute Gasteiger partial charge is 0.419 e. The molecule has 4 nitrogen and oxygen atoms in total. The third-order valence-corrected chi connectivity index (χ3v) is 5.24. The number of alkyl halides is 3. The Morgan fingerprint density at radius 3 is 2.47 bits per heavy atom. The maximum Gasteiger partial charge on any atom is 0.419 e. The zero-order valence-electron chi connectivity index (χ0n) is 16.0. The van der Waals surface area contributed by atoms with Gasteiger partial charge in [0.25, 0.3) is 5.91 Å². The summed E-state index contributed by atoms with van der Waals surface area (Å²) in [7, 11) is 1.15. The van der Waals surface area contributed by atoms with Crippen molar-refractivity contribution in [3.63, 3.8) is 0 Å². The Hall–Kier alpha value is -3.29. The van der Waals surface area contributed by atoms with Gasteiger partial charge in [-0.05, 0) is 48.0 Å². The number of amides is 1. The van der Waals surface area contributed by atoms with Crippen LogP contribution < -0.4 is 4.74 Å². The molecule has 1 atom stereocenters. The van der Waals surface area contributed by atoms with Crippen LogP contribution in [-0.2, 0) is 12.7 Å². The summed E-state index contributed by atoms with van der Waals surface area (Å²) in [5, 5.41) is 0. The van der Waals surface area contributed by atoms with E-state index in [1.807, 2.05) is 22.9 Å². The van der Waals surface area contributed by atoms with Gasteiger partial charge in [-0.1, -0.05) is 12.1 Å². The Morgan fingerprint density at radius 1 is 1.07 bits per heavy atom. The van der Waals surface area contributed by atoms with E-state index < -0.39 is 29.5 Å². The highest BCUT2D eigenvalue weighted by molar-refractivity contribution is 5.95. The number of carbonyl (C=O) groups is 1. The van der Waals surface area contributed by atoms with Gasteiger partial charge in [-0.25, -0.2) is 4.39 Å². The first-order valence-corrected chi connectivity index (χ1v) is 9.26. The molecule has 1 aliphatic rings. The second-order valence-corrected chi connectivity index (χ2v) is 6.99. The van der Waals surface area contributed by atoms with Gasteiger partial charge in [0, 0.05) is 30.5 Å². The Morgan fingerprint density at radius 2 is 1.80 bits per heavy atom. The maximum absolute atomic E-state index is 13.4. The number of fused-ring (bicyclic) bond motifs is 1. The summed E-state index contributed by atoms with van der Waals surface area (Å²) in [6.45, 7) is 0.810. The van der Waals surface area contributed by atoms with Crippen LogP contribution in [0.25, 0.3) is 0 Å². The number of hydrogen-bond acceptors (Lipinski definition) is 2. The predicted octanol–water partition coefficient (Wildman–Crippen LogP) is 4.90. The molecule has 0 aliphatic carbocycles. The summed E-state index contributed by atoms with van der Waals surface area (Å²) in [6.07, 6.45) is -2.78. The third kappa shape index (κ3) is 3.53. The topological polar surface area (TPSA) is 34.5 Å². The predicted molar refractivity (Wildman–Crippen MR) is 102 cm³/mol. The zero-order chi connectivity index (χ0) is 21.5. The zero-order valence-corrected chi connectivity index (χ0v) is 16.0. The molecule has 0 N–H and O–H groups in total. The minimum absolute atomic E-state index is 0.0877. The van der Waals surface area contributed by atoms with E-state index in [0.29, 0.717) is 18.7 Å². The number of carbonyl (C=O) groups excluding carboxylic acids is 1. The Bertz CT molecular complexity index is 1070. The highest BCUT2D eigenvalue weighted by Gasteiger charge is 2.37. The van der Waals surface area contributed by atoms with Gasteiger partial charge >= 0.3 is 6.18 Å². The van der Waals surface area contributed by atoms with Crippen LogP contribution in [0.3, 0.4) is 0 Å². The van der Waals surface area contributed by atoms with Crippen LogP contribution in [-0.4, -0.2) is 29.0 Å². The lowest BCUT2D eigenvalue weighted by Gasteiger charge is -2.37. The number of ether oxygens (including phenoxy) is 1. The van der Waals surface area contributed by atoms with E-state index in [4.69, 9.17) is 4.74 Å². The number of benzene rings is 2. The first kappa shape index (κ1) is 20.0. The van der Waals surface area contributed by atoms with Crippen molar-refractivity contribution in [2.45, 2.75) is 18.8 Å². The summed E-state index contributed by atoms with van der Waals surface area (Å²) in [5.41, 5.74) is 0.393. The second-order valence-electron chi connectivity index (χ2n) is 6.99. The van der Waals surface area contributed by atoms with Crippen LogP contribution in [0.15, 0.2) is 60.8 Å². The molecular formula is C22H18F4N2O2. The van der Waals surface area contributed by atoms with E-state index in [0.717, 1.165) is 24.9 Å². The summed E-state index contributed by atoms with van der Waals surface area (Å²) in [5.74, 6) is -1.29. The molecule has 1 aliphatic heterocycles. The van der Waals surface area contributed by atoms with E-state index in [1.54, 1.807) is 12.1 Å². The van der Waals surface area contributed by atoms with Crippen molar-refractivity contribution in [1.82, 2.24) is 9.47 Å². The molecule has 2 heterocycles. The molecule has 0 radical (unpaired) electrons. The molecule has 1 amide bonds. The van der Waals surface area contributed by atoms with Crippen LogP contribution in [0.4, 0.5) is 17.6 Å². The van der Waals surface area contributed by atoms with Crippen molar-refractivity contribution in [2.75, 3.05) is 13.7 Å². The van der Waals surface area contributed by atoms with Gasteiger partial charge in [-0.3, -0.25) is 4.79 Å². The highest BCUT2D eigenvalue weighted by atomic mass is 19.4.